The topological polar surface area (TPSA) is 67.4 Å². The third-order valence-electron chi connectivity index (χ3n) is 3.93. The zero-order valence-corrected chi connectivity index (χ0v) is 13.6. The maximum absolute atomic E-state index is 11.5. The molecule has 1 aromatic carbocycles. The number of hydrogen-bond donors (Lipinski definition) is 1. The molecule has 0 aliphatic carbocycles. The Hall–Kier alpha value is -2.47. The lowest BCUT2D eigenvalue weighted by molar-refractivity contribution is -0.127. The maximum Gasteiger partial charge on any atom is 0.321 e. The average Bonchev–Trinajstić information content (AvgIpc) is 3.01. The van der Waals surface area contributed by atoms with Crippen LogP contribution in [-0.2, 0) is 11.3 Å². The molecule has 6 heteroatoms. The Balaban J connectivity index is 1.41. The third-order valence-corrected chi connectivity index (χ3v) is 3.93. The molecule has 3 rings (SSSR count). The van der Waals surface area contributed by atoms with E-state index < -0.39 is 0 Å². The quantitative estimate of drug-likeness (QED) is 0.754. The molecule has 1 saturated heterocycles. The second-order valence-corrected chi connectivity index (χ2v) is 5.80. The first-order valence-corrected chi connectivity index (χ1v) is 8.33. The molecule has 2 aromatic rings. The van der Waals surface area contributed by atoms with Crippen molar-refractivity contribution in [2.24, 2.45) is 0 Å². The molecular formula is C18H22N4O2. The van der Waals surface area contributed by atoms with Gasteiger partial charge in [-0.15, -0.1) is 0 Å². The summed E-state index contributed by atoms with van der Waals surface area (Å²) in [7, 11) is 0. The lowest BCUT2D eigenvalue weighted by atomic mass is 10.2. The molecule has 2 heterocycles. The molecule has 126 valence electrons. The van der Waals surface area contributed by atoms with Gasteiger partial charge in [-0.1, -0.05) is 12.1 Å². The van der Waals surface area contributed by atoms with E-state index in [0.717, 1.165) is 50.3 Å². The minimum absolute atomic E-state index is 0.294. The van der Waals surface area contributed by atoms with Crippen molar-refractivity contribution in [3.63, 3.8) is 0 Å². The predicted octanol–water partition coefficient (Wildman–Crippen LogP) is 2.37. The highest BCUT2D eigenvalue weighted by Gasteiger charge is 2.18. The van der Waals surface area contributed by atoms with Crippen molar-refractivity contribution in [1.29, 1.82) is 0 Å². The molecule has 1 aromatic heterocycles. The fraction of sp³-hybridized carbons (Fsp3) is 0.389. The fourth-order valence-corrected chi connectivity index (χ4v) is 2.73. The summed E-state index contributed by atoms with van der Waals surface area (Å²) in [5.41, 5.74) is 1.14. The van der Waals surface area contributed by atoms with Crippen LogP contribution < -0.4 is 10.1 Å². The minimum atomic E-state index is 0.294. The molecule has 0 atom stereocenters. The minimum Gasteiger partial charge on any atom is -0.424 e. The SMILES string of the molecule is O=C1CCCN1CCCNCc1cccc(Oc2ncccn2)c1. The van der Waals surface area contributed by atoms with E-state index in [1.54, 1.807) is 18.5 Å². The molecule has 0 saturated carbocycles. The summed E-state index contributed by atoms with van der Waals surface area (Å²) >= 11 is 0. The maximum atomic E-state index is 11.5. The van der Waals surface area contributed by atoms with Crippen LogP contribution in [0.4, 0.5) is 0 Å². The van der Waals surface area contributed by atoms with Crippen molar-refractivity contribution in [2.75, 3.05) is 19.6 Å². The number of carbonyl (C=O) groups is 1. The van der Waals surface area contributed by atoms with E-state index in [-0.39, 0.29) is 0 Å². The molecule has 0 unspecified atom stereocenters. The highest BCUT2D eigenvalue weighted by molar-refractivity contribution is 5.77. The van der Waals surface area contributed by atoms with Crippen molar-refractivity contribution >= 4 is 5.91 Å². The summed E-state index contributed by atoms with van der Waals surface area (Å²) in [4.78, 5) is 21.6. The van der Waals surface area contributed by atoms with Gasteiger partial charge in [0, 0.05) is 38.4 Å². The first-order chi connectivity index (χ1) is 11.8. The van der Waals surface area contributed by atoms with Gasteiger partial charge in [-0.25, -0.2) is 9.97 Å². The Kier molecular flexibility index (Phi) is 5.74. The Morgan fingerprint density at radius 2 is 2.08 bits per heavy atom. The van der Waals surface area contributed by atoms with Gasteiger partial charge in [0.1, 0.15) is 5.75 Å². The second kappa shape index (κ2) is 8.40. The smallest absolute Gasteiger partial charge is 0.321 e. The summed E-state index contributed by atoms with van der Waals surface area (Å²) in [5.74, 6) is 1.02. The number of carbonyl (C=O) groups excluding carboxylic acids is 1. The largest absolute Gasteiger partial charge is 0.424 e. The number of amides is 1. The number of aromatic nitrogens is 2. The number of nitrogens with zero attached hydrogens (tertiary/aromatic N) is 3. The summed E-state index contributed by atoms with van der Waals surface area (Å²) in [6.45, 7) is 3.41. The van der Waals surface area contributed by atoms with Gasteiger partial charge in [0.15, 0.2) is 0 Å². The van der Waals surface area contributed by atoms with Crippen molar-refractivity contribution in [2.45, 2.75) is 25.8 Å². The number of ether oxygens (including phenoxy) is 1. The number of hydrogen-bond acceptors (Lipinski definition) is 5. The number of nitrogens with one attached hydrogen (secondary N) is 1. The predicted molar refractivity (Wildman–Crippen MR) is 90.7 cm³/mol. The van der Waals surface area contributed by atoms with Crippen LogP contribution >= 0.6 is 0 Å². The number of likely N-dealkylation sites (tertiary alicyclic amines) is 1. The van der Waals surface area contributed by atoms with Gasteiger partial charge in [-0.05, 0) is 43.1 Å². The first-order valence-electron chi connectivity index (χ1n) is 8.33. The van der Waals surface area contributed by atoms with E-state index in [4.69, 9.17) is 4.74 Å². The average molecular weight is 326 g/mol. The van der Waals surface area contributed by atoms with Crippen molar-refractivity contribution in [3.05, 3.63) is 48.3 Å². The van der Waals surface area contributed by atoms with Gasteiger partial charge in [-0.3, -0.25) is 4.79 Å². The van der Waals surface area contributed by atoms with Crippen LogP contribution in [0.2, 0.25) is 0 Å². The fourth-order valence-electron chi connectivity index (χ4n) is 2.73. The number of rotatable bonds is 8. The summed E-state index contributed by atoms with van der Waals surface area (Å²) in [5, 5.41) is 3.41. The van der Waals surface area contributed by atoms with Crippen molar-refractivity contribution in [1.82, 2.24) is 20.2 Å². The van der Waals surface area contributed by atoms with Crippen LogP contribution in [0, 0.1) is 0 Å². The monoisotopic (exact) mass is 326 g/mol. The zero-order valence-electron chi connectivity index (χ0n) is 13.6. The lowest BCUT2D eigenvalue weighted by Crippen LogP contribution is -2.28. The van der Waals surface area contributed by atoms with Crippen LogP contribution in [0.25, 0.3) is 0 Å². The molecular weight excluding hydrogens is 304 g/mol. The van der Waals surface area contributed by atoms with Crippen LogP contribution in [-0.4, -0.2) is 40.4 Å². The standard InChI is InChI=1S/C18H22N4O2/c23-17-7-2-11-22(17)12-4-8-19-14-15-5-1-6-16(13-15)24-18-20-9-3-10-21-18/h1,3,5-6,9-10,13,19H,2,4,7-8,11-12,14H2. The van der Waals surface area contributed by atoms with E-state index >= 15 is 0 Å². The van der Waals surface area contributed by atoms with Gasteiger partial charge in [0.25, 0.3) is 0 Å². The Morgan fingerprint density at radius 1 is 1.21 bits per heavy atom. The van der Waals surface area contributed by atoms with E-state index in [2.05, 4.69) is 21.4 Å². The normalized spacial score (nSPS) is 14.2. The van der Waals surface area contributed by atoms with Crippen molar-refractivity contribution in [3.8, 4) is 11.8 Å². The molecule has 1 aliphatic heterocycles. The molecule has 0 radical (unpaired) electrons. The van der Waals surface area contributed by atoms with Gasteiger partial charge >= 0.3 is 6.01 Å². The molecule has 1 fully saturated rings. The van der Waals surface area contributed by atoms with Gasteiger partial charge in [-0.2, -0.15) is 0 Å². The molecule has 1 N–H and O–H groups in total. The Morgan fingerprint density at radius 3 is 2.88 bits per heavy atom. The molecule has 0 spiro atoms. The lowest BCUT2D eigenvalue weighted by Gasteiger charge is -2.15. The van der Waals surface area contributed by atoms with Crippen LogP contribution in [0.15, 0.2) is 42.7 Å². The first kappa shape index (κ1) is 16.4. The summed E-state index contributed by atoms with van der Waals surface area (Å²) in [6.07, 6.45) is 5.99. The Bertz CT molecular complexity index is 663. The summed E-state index contributed by atoms with van der Waals surface area (Å²) in [6, 6.07) is 9.97. The van der Waals surface area contributed by atoms with E-state index in [1.165, 1.54) is 0 Å². The van der Waals surface area contributed by atoms with E-state index in [0.29, 0.717) is 18.3 Å². The van der Waals surface area contributed by atoms with Crippen LogP contribution in [0.1, 0.15) is 24.8 Å². The van der Waals surface area contributed by atoms with Crippen molar-refractivity contribution < 1.29 is 9.53 Å². The van der Waals surface area contributed by atoms with Gasteiger partial charge in [0.05, 0.1) is 0 Å². The molecule has 24 heavy (non-hydrogen) atoms. The highest BCUT2D eigenvalue weighted by Crippen LogP contribution is 2.18. The summed E-state index contributed by atoms with van der Waals surface area (Å²) < 4.78 is 5.63. The molecule has 0 bridgehead atoms. The third kappa shape index (κ3) is 4.76. The van der Waals surface area contributed by atoms with Gasteiger partial charge < -0.3 is 15.0 Å². The number of benzene rings is 1. The van der Waals surface area contributed by atoms with E-state index in [9.17, 15) is 4.79 Å². The Labute approximate surface area is 141 Å². The van der Waals surface area contributed by atoms with Crippen LogP contribution in [0.5, 0.6) is 11.8 Å². The molecule has 6 nitrogen and oxygen atoms in total. The zero-order chi connectivity index (χ0) is 16.6. The van der Waals surface area contributed by atoms with Crippen LogP contribution in [0.3, 0.4) is 0 Å². The molecule has 1 amide bonds. The van der Waals surface area contributed by atoms with E-state index in [1.807, 2.05) is 23.1 Å². The second-order valence-electron chi connectivity index (χ2n) is 5.80. The highest BCUT2D eigenvalue weighted by atomic mass is 16.5. The molecule has 1 aliphatic rings. The van der Waals surface area contributed by atoms with Gasteiger partial charge in [0.2, 0.25) is 5.91 Å².